The Balaban J connectivity index is 2.67. The van der Waals surface area contributed by atoms with Crippen molar-refractivity contribution in [2.24, 2.45) is 0 Å². The number of nitrogens with zero attached hydrogens (tertiary/aromatic N) is 2. The SMILES string of the molecule is CCCNCc1cc(C)nc(N(C)CCOC)c1. The molecule has 102 valence electrons. The number of rotatable bonds is 8. The largest absolute Gasteiger partial charge is 0.383 e. The van der Waals surface area contributed by atoms with Crippen LogP contribution < -0.4 is 10.2 Å². The minimum Gasteiger partial charge on any atom is -0.383 e. The first-order chi connectivity index (χ1) is 8.67. The van der Waals surface area contributed by atoms with Gasteiger partial charge in [-0.25, -0.2) is 4.98 Å². The fourth-order valence-electron chi connectivity index (χ4n) is 1.77. The second-order valence-electron chi connectivity index (χ2n) is 4.57. The normalized spacial score (nSPS) is 10.7. The van der Waals surface area contributed by atoms with Crippen LogP contribution >= 0.6 is 0 Å². The second kappa shape index (κ2) is 8.06. The highest BCUT2D eigenvalue weighted by Gasteiger charge is 2.05. The predicted molar refractivity (Wildman–Crippen MR) is 76.1 cm³/mol. The van der Waals surface area contributed by atoms with Crippen LogP contribution in [0.5, 0.6) is 0 Å². The fraction of sp³-hybridized carbons (Fsp3) is 0.643. The van der Waals surface area contributed by atoms with Gasteiger partial charge in [0.05, 0.1) is 6.61 Å². The monoisotopic (exact) mass is 251 g/mol. The summed E-state index contributed by atoms with van der Waals surface area (Å²) in [5.74, 6) is 1.01. The van der Waals surface area contributed by atoms with Crippen molar-refractivity contribution in [3.05, 3.63) is 23.4 Å². The molecule has 1 aromatic rings. The standard InChI is InChI=1S/C14H25N3O/c1-5-6-15-11-13-9-12(2)16-14(10-13)17(3)7-8-18-4/h9-10,15H,5-8,11H2,1-4H3. The highest BCUT2D eigenvalue weighted by Crippen LogP contribution is 2.13. The maximum atomic E-state index is 5.09. The molecule has 4 heteroatoms. The van der Waals surface area contributed by atoms with Crippen molar-refractivity contribution in [3.8, 4) is 0 Å². The Bertz CT molecular complexity index is 355. The van der Waals surface area contributed by atoms with Crippen LogP contribution in [-0.4, -0.2) is 38.8 Å². The van der Waals surface area contributed by atoms with Crippen LogP contribution in [0.1, 0.15) is 24.6 Å². The summed E-state index contributed by atoms with van der Waals surface area (Å²) in [5.41, 5.74) is 2.35. The fourth-order valence-corrected chi connectivity index (χ4v) is 1.77. The van der Waals surface area contributed by atoms with Gasteiger partial charge in [0.1, 0.15) is 5.82 Å². The van der Waals surface area contributed by atoms with E-state index in [0.29, 0.717) is 0 Å². The lowest BCUT2D eigenvalue weighted by molar-refractivity contribution is 0.206. The lowest BCUT2D eigenvalue weighted by Crippen LogP contribution is -2.23. The molecule has 1 N–H and O–H groups in total. The van der Waals surface area contributed by atoms with Gasteiger partial charge in [-0.15, -0.1) is 0 Å². The third-order valence-electron chi connectivity index (χ3n) is 2.78. The molecule has 0 amide bonds. The minimum atomic E-state index is 0.718. The topological polar surface area (TPSA) is 37.4 Å². The van der Waals surface area contributed by atoms with Gasteiger partial charge in [0.25, 0.3) is 0 Å². The summed E-state index contributed by atoms with van der Waals surface area (Å²) in [6, 6.07) is 4.28. The number of aryl methyl sites for hydroxylation is 1. The van der Waals surface area contributed by atoms with Gasteiger partial charge in [-0.3, -0.25) is 0 Å². The van der Waals surface area contributed by atoms with Crippen molar-refractivity contribution in [2.45, 2.75) is 26.8 Å². The predicted octanol–water partition coefficient (Wildman–Crippen LogP) is 1.97. The van der Waals surface area contributed by atoms with Gasteiger partial charge in [0, 0.05) is 32.9 Å². The molecule has 0 bridgehead atoms. The highest BCUT2D eigenvalue weighted by molar-refractivity contribution is 5.41. The van der Waals surface area contributed by atoms with E-state index < -0.39 is 0 Å². The van der Waals surface area contributed by atoms with Crippen molar-refractivity contribution in [1.82, 2.24) is 10.3 Å². The van der Waals surface area contributed by atoms with Gasteiger partial charge in [0.15, 0.2) is 0 Å². The van der Waals surface area contributed by atoms with E-state index in [1.807, 2.05) is 14.0 Å². The van der Waals surface area contributed by atoms with Crippen LogP contribution in [-0.2, 0) is 11.3 Å². The average Bonchev–Trinajstić information content (AvgIpc) is 2.35. The molecule has 0 radical (unpaired) electrons. The number of hydrogen-bond acceptors (Lipinski definition) is 4. The van der Waals surface area contributed by atoms with Gasteiger partial charge in [-0.2, -0.15) is 0 Å². The Morgan fingerprint density at radius 3 is 2.83 bits per heavy atom. The van der Waals surface area contributed by atoms with Crippen LogP contribution in [0.3, 0.4) is 0 Å². The van der Waals surface area contributed by atoms with E-state index in [4.69, 9.17) is 4.74 Å². The van der Waals surface area contributed by atoms with Crippen molar-refractivity contribution in [3.63, 3.8) is 0 Å². The Labute approximate surface area is 110 Å². The summed E-state index contributed by atoms with van der Waals surface area (Å²) in [6.07, 6.45) is 1.16. The number of pyridine rings is 1. The van der Waals surface area contributed by atoms with E-state index in [-0.39, 0.29) is 0 Å². The molecular weight excluding hydrogens is 226 g/mol. The molecule has 1 rings (SSSR count). The van der Waals surface area contributed by atoms with Gasteiger partial charge >= 0.3 is 0 Å². The second-order valence-corrected chi connectivity index (χ2v) is 4.57. The number of hydrogen-bond donors (Lipinski definition) is 1. The zero-order valence-electron chi connectivity index (χ0n) is 12.0. The minimum absolute atomic E-state index is 0.718. The summed E-state index contributed by atoms with van der Waals surface area (Å²) in [4.78, 5) is 6.68. The molecule has 0 unspecified atom stereocenters. The first-order valence-electron chi connectivity index (χ1n) is 6.55. The molecule has 1 aromatic heterocycles. The molecule has 0 saturated carbocycles. The van der Waals surface area contributed by atoms with Crippen LogP contribution in [0.25, 0.3) is 0 Å². The van der Waals surface area contributed by atoms with Crippen LogP contribution in [0.4, 0.5) is 5.82 Å². The number of methoxy groups -OCH3 is 1. The van der Waals surface area contributed by atoms with Crippen LogP contribution in [0, 0.1) is 6.92 Å². The molecule has 4 nitrogen and oxygen atoms in total. The molecule has 0 aliphatic carbocycles. The zero-order chi connectivity index (χ0) is 13.4. The Hall–Kier alpha value is -1.13. The quantitative estimate of drug-likeness (QED) is 0.717. The zero-order valence-corrected chi connectivity index (χ0v) is 12.0. The van der Waals surface area contributed by atoms with Gasteiger partial charge in [-0.1, -0.05) is 6.92 Å². The van der Waals surface area contributed by atoms with Gasteiger partial charge in [-0.05, 0) is 37.6 Å². The van der Waals surface area contributed by atoms with Gasteiger partial charge < -0.3 is 15.0 Å². The lowest BCUT2D eigenvalue weighted by atomic mass is 10.2. The third kappa shape index (κ3) is 5.02. The number of likely N-dealkylation sites (N-methyl/N-ethyl adjacent to an activating group) is 1. The van der Waals surface area contributed by atoms with E-state index in [0.717, 1.165) is 44.2 Å². The molecule has 0 aliphatic heterocycles. The summed E-state index contributed by atoms with van der Waals surface area (Å²) < 4.78 is 5.09. The highest BCUT2D eigenvalue weighted by atomic mass is 16.5. The Morgan fingerprint density at radius 2 is 2.17 bits per heavy atom. The maximum Gasteiger partial charge on any atom is 0.128 e. The average molecular weight is 251 g/mol. The number of nitrogens with one attached hydrogen (secondary N) is 1. The molecular formula is C14H25N3O. The van der Waals surface area contributed by atoms with Gasteiger partial charge in [0.2, 0.25) is 0 Å². The molecule has 0 fully saturated rings. The maximum absolute atomic E-state index is 5.09. The Kier molecular flexibility index (Phi) is 6.68. The van der Waals surface area contributed by atoms with E-state index in [9.17, 15) is 0 Å². The summed E-state index contributed by atoms with van der Waals surface area (Å²) in [6.45, 7) is 7.74. The molecule has 0 aliphatic rings. The Morgan fingerprint density at radius 1 is 1.39 bits per heavy atom. The summed E-state index contributed by atoms with van der Waals surface area (Å²) in [7, 11) is 3.77. The molecule has 18 heavy (non-hydrogen) atoms. The first-order valence-corrected chi connectivity index (χ1v) is 6.55. The van der Waals surface area contributed by atoms with E-state index in [1.165, 1.54) is 5.56 Å². The number of ether oxygens (including phenoxy) is 1. The van der Waals surface area contributed by atoms with E-state index in [2.05, 4.69) is 34.3 Å². The molecule has 0 spiro atoms. The molecule has 0 atom stereocenters. The lowest BCUT2D eigenvalue weighted by Gasteiger charge is -2.19. The molecule has 1 heterocycles. The van der Waals surface area contributed by atoms with Crippen LogP contribution in [0.15, 0.2) is 12.1 Å². The molecule has 0 aromatic carbocycles. The molecule has 0 saturated heterocycles. The van der Waals surface area contributed by atoms with E-state index in [1.54, 1.807) is 7.11 Å². The first kappa shape index (κ1) is 14.9. The smallest absolute Gasteiger partial charge is 0.128 e. The third-order valence-corrected chi connectivity index (χ3v) is 2.78. The number of anilines is 1. The van der Waals surface area contributed by atoms with Crippen molar-refractivity contribution >= 4 is 5.82 Å². The van der Waals surface area contributed by atoms with Crippen molar-refractivity contribution < 1.29 is 4.74 Å². The van der Waals surface area contributed by atoms with Crippen LogP contribution in [0.2, 0.25) is 0 Å². The summed E-state index contributed by atoms with van der Waals surface area (Å²) >= 11 is 0. The summed E-state index contributed by atoms with van der Waals surface area (Å²) in [5, 5.41) is 3.42. The van der Waals surface area contributed by atoms with E-state index >= 15 is 0 Å². The number of aromatic nitrogens is 1. The van der Waals surface area contributed by atoms with Crippen molar-refractivity contribution in [1.29, 1.82) is 0 Å². The van der Waals surface area contributed by atoms with Crippen molar-refractivity contribution in [2.75, 3.05) is 38.8 Å².